The van der Waals surface area contributed by atoms with Crippen LogP contribution in [0.3, 0.4) is 0 Å². The minimum atomic E-state index is -0.998. The number of ether oxygens (including phenoxy) is 1. The average molecular weight is 524 g/mol. The molecule has 38 heavy (non-hydrogen) atoms. The number of piperazine rings is 1. The zero-order valence-corrected chi connectivity index (χ0v) is 23.7. The standard InChI is InChI=1S/C31H45N3O4/c1-6-9-10-18-33-20-24(5)34(21-23(33)4)30(27-12-11-13-28(19-27)38-22-29(35)36)25-14-16-26(17-15-25)31(37)32(7-2)8-3/h11-17,19,23-24,30H,6-10,18,20-22H2,1-5H3,(H,35,36)/t23-,24+,30-/m1/s1. The van der Waals surface area contributed by atoms with Crippen LogP contribution in [0, 0.1) is 0 Å². The number of benzene rings is 2. The second-order valence-corrected chi connectivity index (χ2v) is 10.4. The molecular weight excluding hydrogens is 478 g/mol. The first-order chi connectivity index (χ1) is 18.3. The summed E-state index contributed by atoms with van der Waals surface area (Å²) in [6.45, 7) is 14.8. The fourth-order valence-electron chi connectivity index (χ4n) is 5.46. The molecule has 1 amide bonds. The van der Waals surface area contributed by atoms with Crippen molar-refractivity contribution in [1.29, 1.82) is 0 Å². The van der Waals surface area contributed by atoms with Gasteiger partial charge < -0.3 is 14.7 Å². The highest BCUT2D eigenvalue weighted by Gasteiger charge is 2.34. The van der Waals surface area contributed by atoms with Gasteiger partial charge in [-0.25, -0.2) is 4.79 Å². The quantitative estimate of drug-likeness (QED) is 0.359. The van der Waals surface area contributed by atoms with E-state index in [-0.39, 0.29) is 18.6 Å². The fraction of sp³-hybridized carbons (Fsp3) is 0.548. The Hall–Kier alpha value is -2.90. The van der Waals surface area contributed by atoms with Crippen molar-refractivity contribution in [3.8, 4) is 5.75 Å². The van der Waals surface area contributed by atoms with Gasteiger partial charge in [0.05, 0.1) is 6.04 Å². The highest BCUT2D eigenvalue weighted by Crippen LogP contribution is 2.35. The van der Waals surface area contributed by atoms with E-state index in [1.165, 1.54) is 19.3 Å². The van der Waals surface area contributed by atoms with E-state index in [2.05, 4.69) is 48.8 Å². The van der Waals surface area contributed by atoms with E-state index in [1.807, 2.05) is 43.0 Å². The van der Waals surface area contributed by atoms with Crippen molar-refractivity contribution in [3.05, 3.63) is 65.2 Å². The Morgan fingerprint density at radius 1 is 0.974 bits per heavy atom. The van der Waals surface area contributed by atoms with Gasteiger partial charge in [0, 0.05) is 43.8 Å². The topological polar surface area (TPSA) is 73.3 Å². The number of amides is 1. The Morgan fingerprint density at radius 2 is 1.68 bits per heavy atom. The lowest BCUT2D eigenvalue weighted by molar-refractivity contribution is -0.139. The summed E-state index contributed by atoms with van der Waals surface area (Å²) in [7, 11) is 0. The first-order valence-electron chi connectivity index (χ1n) is 14.1. The fourth-order valence-corrected chi connectivity index (χ4v) is 5.46. The van der Waals surface area contributed by atoms with Crippen LogP contribution in [-0.2, 0) is 4.79 Å². The first-order valence-corrected chi connectivity index (χ1v) is 14.1. The summed E-state index contributed by atoms with van der Waals surface area (Å²) in [5.41, 5.74) is 2.85. The Bertz CT molecular complexity index is 1040. The van der Waals surface area contributed by atoms with Crippen LogP contribution >= 0.6 is 0 Å². The largest absolute Gasteiger partial charge is 0.482 e. The van der Waals surface area contributed by atoms with E-state index in [9.17, 15) is 9.59 Å². The van der Waals surface area contributed by atoms with Gasteiger partial charge in [-0.15, -0.1) is 0 Å². The van der Waals surface area contributed by atoms with E-state index in [1.54, 1.807) is 6.07 Å². The molecule has 1 saturated heterocycles. The maximum absolute atomic E-state index is 12.9. The van der Waals surface area contributed by atoms with Crippen molar-refractivity contribution in [2.75, 3.05) is 39.3 Å². The van der Waals surface area contributed by atoms with Gasteiger partial charge in [0.15, 0.2) is 6.61 Å². The third-order valence-corrected chi connectivity index (χ3v) is 7.60. The molecule has 1 heterocycles. The van der Waals surface area contributed by atoms with Gasteiger partial charge in [-0.3, -0.25) is 14.6 Å². The summed E-state index contributed by atoms with van der Waals surface area (Å²) < 4.78 is 5.53. The number of hydrogen-bond donors (Lipinski definition) is 1. The van der Waals surface area contributed by atoms with Gasteiger partial charge in [-0.2, -0.15) is 0 Å². The zero-order valence-electron chi connectivity index (χ0n) is 23.7. The van der Waals surface area contributed by atoms with E-state index >= 15 is 0 Å². The number of carboxylic acid groups (broad SMARTS) is 1. The average Bonchev–Trinajstić information content (AvgIpc) is 2.91. The molecule has 0 aliphatic carbocycles. The lowest BCUT2D eigenvalue weighted by atomic mass is 9.92. The third-order valence-electron chi connectivity index (χ3n) is 7.60. The van der Waals surface area contributed by atoms with Crippen LogP contribution in [0.15, 0.2) is 48.5 Å². The maximum Gasteiger partial charge on any atom is 0.341 e. The molecule has 1 aliphatic rings. The molecule has 0 saturated carbocycles. The second-order valence-electron chi connectivity index (χ2n) is 10.4. The molecule has 7 heteroatoms. The molecule has 7 nitrogen and oxygen atoms in total. The molecule has 1 aliphatic heterocycles. The highest BCUT2D eigenvalue weighted by atomic mass is 16.5. The van der Waals surface area contributed by atoms with Crippen LogP contribution in [0.1, 0.15) is 81.4 Å². The molecule has 2 aromatic carbocycles. The van der Waals surface area contributed by atoms with E-state index in [0.717, 1.165) is 30.8 Å². The van der Waals surface area contributed by atoms with Crippen LogP contribution in [0.2, 0.25) is 0 Å². The SMILES string of the molecule is CCCCCN1C[C@H](C)N([C@H](c2ccc(C(=O)N(CC)CC)cc2)c2cccc(OCC(=O)O)c2)C[C@H]1C. The molecule has 0 unspecified atom stereocenters. The van der Waals surface area contributed by atoms with Gasteiger partial charge in [0.1, 0.15) is 5.75 Å². The van der Waals surface area contributed by atoms with Gasteiger partial charge in [0.25, 0.3) is 5.91 Å². The van der Waals surface area contributed by atoms with Crippen molar-refractivity contribution < 1.29 is 19.4 Å². The normalized spacial score (nSPS) is 19.2. The van der Waals surface area contributed by atoms with Gasteiger partial charge >= 0.3 is 5.97 Å². The van der Waals surface area contributed by atoms with E-state index in [0.29, 0.717) is 36.5 Å². The molecule has 0 spiro atoms. The van der Waals surface area contributed by atoms with Crippen LogP contribution < -0.4 is 4.74 Å². The summed E-state index contributed by atoms with van der Waals surface area (Å²) in [5, 5.41) is 9.08. The summed E-state index contributed by atoms with van der Waals surface area (Å²) >= 11 is 0. The second kappa shape index (κ2) is 14.3. The molecule has 0 aromatic heterocycles. The number of aliphatic carboxylic acids is 1. The zero-order chi connectivity index (χ0) is 27.7. The predicted octanol–water partition coefficient (Wildman–Crippen LogP) is 5.31. The van der Waals surface area contributed by atoms with E-state index < -0.39 is 5.97 Å². The molecule has 1 N–H and O–H groups in total. The van der Waals surface area contributed by atoms with Crippen molar-refractivity contribution in [2.24, 2.45) is 0 Å². The molecule has 0 radical (unpaired) electrons. The van der Waals surface area contributed by atoms with Gasteiger partial charge in [-0.1, -0.05) is 44.0 Å². The lowest BCUT2D eigenvalue weighted by Crippen LogP contribution is -2.57. The summed E-state index contributed by atoms with van der Waals surface area (Å²) in [5.74, 6) is -0.408. The van der Waals surface area contributed by atoms with Crippen LogP contribution in [-0.4, -0.2) is 83.1 Å². The number of nitrogens with zero attached hydrogens (tertiary/aromatic N) is 3. The Balaban J connectivity index is 1.94. The van der Waals surface area contributed by atoms with Crippen LogP contribution in [0.4, 0.5) is 0 Å². The molecule has 1 fully saturated rings. The van der Waals surface area contributed by atoms with Gasteiger partial charge in [-0.05, 0) is 76.1 Å². The summed E-state index contributed by atoms with van der Waals surface area (Å²) in [6, 6.07) is 16.4. The summed E-state index contributed by atoms with van der Waals surface area (Å²) in [4.78, 5) is 31.0. The lowest BCUT2D eigenvalue weighted by Gasteiger charge is -2.48. The molecule has 0 bridgehead atoms. The van der Waals surface area contributed by atoms with Gasteiger partial charge in [0.2, 0.25) is 0 Å². The molecule has 3 rings (SSSR count). The Kier molecular flexibility index (Phi) is 11.2. The van der Waals surface area contributed by atoms with Crippen molar-refractivity contribution in [3.63, 3.8) is 0 Å². The summed E-state index contributed by atoms with van der Waals surface area (Å²) in [6.07, 6.45) is 3.70. The minimum absolute atomic E-state index is 0.0452. The number of carbonyl (C=O) groups excluding carboxylic acids is 1. The molecule has 2 aromatic rings. The van der Waals surface area contributed by atoms with Crippen molar-refractivity contribution >= 4 is 11.9 Å². The number of unbranched alkanes of at least 4 members (excludes halogenated alkanes) is 2. The van der Waals surface area contributed by atoms with Crippen molar-refractivity contribution in [1.82, 2.24) is 14.7 Å². The monoisotopic (exact) mass is 523 g/mol. The molecule has 3 atom stereocenters. The first kappa shape index (κ1) is 29.7. The van der Waals surface area contributed by atoms with Crippen molar-refractivity contribution in [2.45, 2.75) is 72.0 Å². The van der Waals surface area contributed by atoms with Crippen LogP contribution in [0.5, 0.6) is 5.75 Å². The Morgan fingerprint density at radius 3 is 2.32 bits per heavy atom. The third kappa shape index (κ3) is 7.58. The molecular formula is C31H45N3O4. The molecule has 208 valence electrons. The highest BCUT2D eigenvalue weighted by molar-refractivity contribution is 5.94. The smallest absolute Gasteiger partial charge is 0.341 e. The minimum Gasteiger partial charge on any atom is -0.482 e. The number of carboxylic acids is 1. The number of rotatable bonds is 13. The van der Waals surface area contributed by atoms with E-state index in [4.69, 9.17) is 9.84 Å². The predicted molar refractivity (Wildman–Crippen MR) is 152 cm³/mol. The maximum atomic E-state index is 12.9. The number of carbonyl (C=O) groups is 2. The Labute approximate surface area is 228 Å². The number of hydrogen-bond acceptors (Lipinski definition) is 5. The van der Waals surface area contributed by atoms with Crippen LogP contribution in [0.25, 0.3) is 0 Å².